The molecule has 136 valence electrons. The Morgan fingerprint density at radius 1 is 1.28 bits per heavy atom. The van der Waals surface area contributed by atoms with Crippen LogP contribution in [0.15, 0.2) is 30.3 Å². The molecule has 1 heterocycles. The molecule has 8 heteroatoms. The van der Waals surface area contributed by atoms with Gasteiger partial charge in [-0.15, -0.1) is 0 Å². The monoisotopic (exact) mass is 350 g/mol. The van der Waals surface area contributed by atoms with E-state index in [2.05, 4.69) is 0 Å². The zero-order valence-corrected chi connectivity index (χ0v) is 14.3. The number of aryl methyl sites for hydroxylation is 1. The molecule has 0 spiro atoms. The molecule has 1 unspecified atom stereocenters. The minimum atomic E-state index is -1.48. The molecule has 1 saturated heterocycles. The van der Waals surface area contributed by atoms with Gasteiger partial charge in [-0.3, -0.25) is 0 Å². The molecule has 1 aromatic rings. The van der Waals surface area contributed by atoms with Crippen molar-refractivity contribution in [3.8, 4) is 0 Å². The fourth-order valence-electron chi connectivity index (χ4n) is 2.47. The number of rotatable bonds is 3. The van der Waals surface area contributed by atoms with Gasteiger partial charge in [0.15, 0.2) is 5.79 Å². The molecule has 25 heavy (non-hydrogen) atoms. The Balaban J connectivity index is 2.25. The Labute approximate surface area is 145 Å². The summed E-state index contributed by atoms with van der Waals surface area (Å²) in [6, 6.07) is 6.91. The van der Waals surface area contributed by atoms with Crippen LogP contribution in [0.25, 0.3) is 6.08 Å². The van der Waals surface area contributed by atoms with Crippen LogP contribution in [0, 0.1) is 6.92 Å². The third kappa shape index (κ3) is 5.20. The normalized spacial score (nSPS) is 22.5. The van der Waals surface area contributed by atoms with Crippen LogP contribution >= 0.6 is 0 Å². The molecule has 2 amide bonds. The fraction of sp³-hybridized carbons (Fsp3) is 0.412. The molecule has 1 aliphatic rings. The number of hydrazine groups is 1. The fourth-order valence-corrected chi connectivity index (χ4v) is 2.47. The van der Waals surface area contributed by atoms with Crippen LogP contribution in [0.1, 0.15) is 25.0 Å². The van der Waals surface area contributed by atoms with Crippen LogP contribution in [-0.2, 0) is 9.47 Å². The van der Waals surface area contributed by atoms with Crippen molar-refractivity contribution in [1.29, 1.82) is 0 Å². The standard InChI is InChI=1S/C17H22N2O6/c1-11-4-6-12(7-5-11)8-9-14-13(10-24-17(2,3)25-14)19(16(22)23)18-15(20)21/h4-9,13-14,18H,10H2,1-3H3,(H,20,21)(H,22,23)/t13?,14-/m1/s1. The van der Waals surface area contributed by atoms with Crippen LogP contribution in [-0.4, -0.2) is 51.9 Å². The summed E-state index contributed by atoms with van der Waals surface area (Å²) in [7, 11) is 0. The highest BCUT2D eigenvalue weighted by Crippen LogP contribution is 2.26. The lowest BCUT2D eigenvalue weighted by Crippen LogP contribution is -2.61. The molecular weight excluding hydrogens is 328 g/mol. The first-order valence-electron chi connectivity index (χ1n) is 7.76. The van der Waals surface area contributed by atoms with E-state index in [1.165, 1.54) is 0 Å². The SMILES string of the molecule is Cc1ccc(C=C[C@H]2OC(C)(C)OCC2N(NC(=O)O)C(=O)O)cc1. The van der Waals surface area contributed by atoms with Crippen molar-refractivity contribution in [2.45, 2.75) is 38.7 Å². The van der Waals surface area contributed by atoms with Crippen molar-refractivity contribution >= 4 is 18.3 Å². The predicted molar refractivity (Wildman–Crippen MR) is 89.9 cm³/mol. The van der Waals surface area contributed by atoms with Gasteiger partial charge < -0.3 is 19.7 Å². The van der Waals surface area contributed by atoms with Gasteiger partial charge in [-0.1, -0.05) is 42.0 Å². The van der Waals surface area contributed by atoms with Gasteiger partial charge in [0.05, 0.1) is 6.61 Å². The molecule has 2 atom stereocenters. The second-order valence-electron chi connectivity index (χ2n) is 6.20. The minimum Gasteiger partial charge on any atom is -0.464 e. The van der Waals surface area contributed by atoms with E-state index in [0.29, 0.717) is 5.01 Å². The molecule has 8 nitrogen and oxygen atoms in total. The summed E-state index contributed by atoms with van der Waals surface area (Å²) in [5.41, 5.74) is 3.92. The quantitative estimate of drug-likeness (QED) is 0.723. The highest BCUT2D eigenvalue weighted by atomic mass is 16.7. The van der Waals surface area contributed by atoms with Gasteiger partial charge in [-0.25, -0.2) is 20.0 Å². The summed E-state index contributed by atoms with van der Waals surface area (Å²) >= 11 is 0. The highest BCUT2D eigenvalue weighted by molar-refractivity contribution is 5.72. The zero-order valence-electron chi connectivity index (χ0n) is 14.3. The van der Waals surface area contributed by atoms with Crippen molar-refractivity contribution in [1.82, 2.24) is 10.4 Å². The average molecular weight is 350 g/mol. The van der Waals surface area contributed by atoms with Gasteiger partial charge in [-0.2, -0.15) is 0 Å². The molecule has 1 fully saturated rings. The van der Waals surface area contributed by atoms with Gasteiger partial charge >= 0.3 is 12.2 Å². The molecular formula is C17H22N2O6. The van der Waals surface area contributed by atoms with Crippen molar-refractivity contribution in [3.05, 3.63) is 41.5 Å². The maximum absolute atomic E-state index is 11.4. The predicted octanol–water partition coefficient (Wildman–Crippen LogP) is 2.69. The van der Waals surface area contributed by atoms with Gasteiger partial charge in [0.2, 0.25) is 0 Å². The third-order valence-electron chi connectivity index (χ3n) is 3.71. The number of nitrogens with one attached hydrogen (secondary N) is 1. The second-order valence-corrected chi connectivity index (χ2v) is 6.20. The maximum Gasteiger partial charge on any atom is 0.426 e. The number of hydrogen-bond donors (Lipinski definition) is 3. The number of ether oxygens (including phenoxy) is 2. The van der Waals surface area contributed by atoms with E-state index < -0.39 is 30.1 Å². The number of benzene rings is 1. The number of hydrogen-bond acceptors (Lipinski definition) is 4. The van der Waals surface area contributed by atoms with E-state index in [4.69, 9.17) is 14.6 Å². The van der Waals surface area contributed by atoms with E-state index in [9.17, 15) is 14.7 Å². The lowest BCUT2D eigenvalue weighted by Gasteiger charge is -2.42. The molecule has 1 aromatic carbocycles. The largest absolute Gasteiger partial charge is 0.464 e. The zero-order chi connectivity index (χ0) is 18.6. The van der Waals surface area contributed by atoms with E-state index in [1.54, 1.807) is 26.0 Å². The Morgan fingerprint density at radius 3 is 2.48 bits per heavy atom. The topological polar surface area (TPSA) is 108 Å². The number of carbonyl (C=O) groups is 2. The Hall–Kier alpha value is -2.58. The average Bonchev–Trinajstić information content (AvgIpc) is 2.51. The van der Waals surface area contributed by atoms with Crippen LogP contribution in [0.3, 0.4) is 0 Å². The lowest BCUT2D eigenvalue weighted by atomic mass is 10.1. The molecule has 1 aliphatic heterocycles. The molecule has 0 saturated carbocycles. The second kappa shape index (κ2) is 7.54. The summed E-state index contributed by atoms with van der Waals surface area (Å²) in [5, 5.41) is 18.8. The van der Waals surface area contributed by atoms with Crippen LogP contribution in [0.2, 0.25) is 0 Å². The van der Waals surface area contributed by atoms with Crippen molar-refractivity contribution < 1.29 is 29.3 Å². The van der Waals surface area contributed by atoms with Crippen LogP contribution in [0.4, 0.5) is 9.59 Å². The number of carboxylic acid groups (broad SMARTS) is 2. The van der Waals surface area contributed by atoms with E-state index >= 15 is 0 Å². The maximum atomic E-state index is 11.4. The highest BCUT2D eigenvalue weighted by Gasteiger charge is 2.41. The van der Waals surface area contributed by atoms with E-state index in [1.807, 2.05) is 36.6 Å². The first-order chi connectivity index (χ1) is 11.7. The van der Waals surface area contributed by atoms with Gasteiger partial charge in [0.1, 0.15) is 12.1 Å². The molecule has 2 rings (SSSR count). The van der Waals surface area contributed by atoms with Crippen molar-refractivity contribution in [2.75, 3.05) is 6.61 Å². The third-order valence-corrected chi connectivity index (χ3v) is 3.71. The number of nitrogens with zero attached hydrogens (tertiary/aromatic N) is 1. The Morgan fingerprint density at radius 2 is 1.92 bits per heavy atom. The smallest absolute Gasteiger partial charge is 0.426 e. The van der Waals surface area contributed by atoms with Crippen molar-refractivity contribution in [3.63, 3.8) is 0 Å². The summed E-state index contributed by atoms with van der Waals surface area (Å²) in [6.45, 7) is 5.40. The molecule has 3 N–H and O–H groups in total. The van der Waals surface area contributed by atoms with E-state index in [-0.39, 0.29) is 6.61 Å². The van der Waals surface area contributed by atoms with Gasteiger partial charge in [-0.05, 0) is 26.3 Å². The van der Waals surface area contributed by atoms with Crippen LogP contribution in [0.5, 0.6) is 0 Å². The van der Waals surface area contributed by atoms with Gasteiger partial charge in [0.25, 0.3) is 0 Å². The van der Waals surface area contributed by atoms with Crippen LogP contribution < -0.4 is 5.43 Å². The molecule has 0 aromatic heterocycles. The first-order valence-corrected chi connectivity index (χ1v) is 7.76. The van der Waals surface area contributed by atoms with Gasteiger partial charge in [0, 0.05) is 0 Å². The molecule has 0 radical (unpaired) electrons. The summed E-state index contributed by atoms with van der Waals surface area (Å²) in [4.78, 5) is 22.3. The number of amides is 2. The molecule has 0 aliphatic carbocycles. The first kappa shape index (κ1) is 18.8. The minimum absolute atomic E-state index is 0.0114. The molecule has 0 bridgehead atoms. The summed E-state index contributed by atoms with van der Waals surface area (Å²) in [5.74, 6) is -0.911. The summed E-state index contributed by atoms with van der Waals surface area (Å²) in [6.07, 6.45) is -0.0900. The van der Waals surface area contributed by atoms with E-state index in [0.717, 1.165) is 11.1 Å². The lowest BCUT2D eigenvalue weighted by molar-refractivity contribution is -0.282. The Kier molecular flexibility index (Phi) is 5.66. The van der Waals surface area contributed by atoms with Crippen molar-refractivity contribution in [2.24, 2.45) is 0 Å². The Bertz CT molecular complexity index is 656. The summed E-state index contributed by atoms with van der Waals surface area (Å²) < 4.78 is 11.3.